The van der Waals surface area contributed by atoms with E-state index in [-0.39, 0.29) is 5.75 Å². The molecular formula is C17H19IO2. The molecule has 0 saturated heterocycles. The number of aromatic hydroxyl groups is 1. The maximum absolute atomic E-state index is 10.1. The number of unbranched alkanes of at least 4 members (excludes halogenated alkanes) is 2. The summed E-state index contributed by atoms with van der Waals surface area (Å²) in [4.78, 5) is 0. The van der Waals surface area contributed by atoms with Crippen LogP contribution in [0.2, 0.25) is 0 Å². The fourth-order valence-corrected chi connectivity index (χ4v) is 2.53. The topological polar surface area (TPSA) is 29.5 Å². The molecule has 0 aliphatic carbocycles. The van der Waals surface area contributed by atoms with E-state index in [2.05, 4.69) is 29.5 Å². The van der Waals surface area contributed by atoms with Crippen molar-refractivity contribution in [2.24, 2.45) is 0 Å². The first-order chi connectivity index (χ1) is 9.70. The summed E-state index contributed by atoms with van der Waals surface area (Å²) in [5.74, 6) is 1.48. The third-order valence-corrected chi connectivity index (χ3v) is 4.04. The predicted molar refractivity (Wildman–Crippen MR) is 90.6 cm³/mol. The fourth-order valence-electron chi connectivity index (χ4n) is 2.03. The molecule has 0 aromatic heterocycles. The van der Waals surface area contributed by atoms with Crippen LogP contribution in [0.25, 0.3) is 0 Å². The summed E-state index contributed by atoms with van der Waals surface area (Å²) in [5, 5.41) is 10.1. The molecule has 0 unspecified atom stereocenters. The standard InChI is InChI=1S/C17H19IO2/c1-2-3-4-7-13-10-11-17(15(19)12-13)20-16-9-6-5-8-14(16)18/h5-6,8-12,19H,2-4,7H2,1H3. The lowest BCUT2D eigenvalue weighted by Crippen LogP contribution is -1.90. The number of benzene rings is 2. The average molecular weight is 382 g/mol. The van der Waals surface area contributed by atoms with Gasteiger partial charge in [-0.15, -0.1) is 0 Å². The van der Waals surface area contributed by atoms with Crippen molar-refractivity contribution in [1.82, 2.24) is 0 Å². The van der Waals surface area contributed by atoms with E-state index in [1.165, 1.54) is 12.8 Å². The monoisotopic (exact) mass is 382 g/mol. The summed E-state index contributed by atoms with van der Waals surface area (Å²) >= 11 is 2.22. The lowest BCUT2D eigenvalue weighted by atomic mass is 10.1. The second-order valence-corrected chi connectivity index (χ2v) is 5.95. The molecule has 0 aliphatic rings. The van der Waals surface area contributed by atoms with Crippen LogP contribution in [0.4, 0.5) is 0 Å². The molecule has 2 rings (SSSR count). The van der Waals surface area contributed by atoms with Crippen molar-refractivity contribution < 1.29 is 9.84 Å². The Kier molecular flexibility index (Phi) is 5.71. The molecule has 0 fully saturated rings. The molecule has 0 bridgehead atoms. The number of hydrogen-bond donors (Lipinski definition) is 1. The zero-order valence-electron chi connectivity index (χ0n) is 11.6. The normalized spacial score (nSPS) is 10.5. The molecule has 20 heavy (non-hydrogen) atoms. The quantitative estimate of drug-likeness (QED) is 0.527. The highest BCUT2D eigenvalue weighted by Crippen LogP contribution is 2.33. The van der Waals surface area contributed by atoms with Crippen LogP contribution >= 0.6 is 22.6 Å². The van der Waals surface area contributed by atoms with Crippen LogP contribution in [-0.4, -0.2) is 5.11 Å². The molecule has 0 amide bonds. The minimum Gasteiger partial charge on any atom is -0.504 e. The molecular weight excluding hydrogens is 363 g/mol. The number of para-hydroxylation sites is 1. The molecule has 0 saturated carbocycles. The summed E-state index contributed by atoms with van der Waals surface area (Å²) in [6.45, 7) is 2.19. The first-order valence-corrected chi connectivity index (χ1v) is 8.03. The van der Waals surface area contributed by atoms with E-state index in [0.29, 0.717) is 5.75 Å². The first-order valence-electron chi connectivity index (χ1n) is 6.95. The van der Waals surface area contributed by atoms with Crippen LogP contribution in [0.3, 0.4) is 0 Å². The van der Waals surface area contributed by atoms with Gasteiger partial charge in [-0.25, -0.2) is 0 Å². The Morgan fingerprint density at radius 2 is 1.85 bits per heavy atom. The van der Waals surface area contributed by atoms with E-state index in [1.54, 1.807) is 6.07 Å². The average Bonchev–Trinajstić information content (AvgIpc) is 2.44. The van der Waals surface area contributed by atoms with Crippen LogP contribution in [-0.2, 0) is 6.42 Å². The molecule has 2 nitrogen and oxygen atoms in total. The van der Waals surface area contributed by atoms with E-state index < -0.39 is 0 Å². The lowest BCUT2D eigenvalue weighted by Gasteiger charge is -2.10. The largest absolute Gasteiger partial charge is 0.504 e. The van der Waals surface area contributed by atoms with Gasteiger partial charge in [0.25, 0.3) is 0 Å². The van der Waals surface area contributed by atoms with E-state index in [1.807, 2.05) is 36.4 Å². The van der Waals surface area contributed by atoms with E-state index in [4.69, 9.17) is 4.74 Å². The Bertz CT molecular complexity index is 567. The Morgan fingerprint density at radius 1 is 1.05 bits per heavy atom. The summed E-state index contributed by atoms with van der Waals surface area (Å²) in [6.07, 6.45) is 4.60. The zero-order valence-corrected chi connectivity index (χ0v) is 13.8. The van der Waals surface area contributed by atoms with Crippen molar-refractivity contribution in [3.8, 4) is 17.2 Å². The van der Waals surface area contributed by atoms with Gasteiger partial charge in [0.2, 0.25) is 0 Å². The Labute approximate surface area is 133 Å². The maximum Gasteiger partial charge on any atom is 0.169 e. The third-order valence-electron chi connectivity index (χ3n) is 3.15. The van der Waals surface area contributed by atoms with Crippen molar-refractivity contribution in [2.45, 2.75) is 32.6 Å². The number of aryl methyl sites for hydroxylation is 1. The SMILES string of the molecule is CCCCCc1ccc(Oc2ccccc2I)c(O)c1. The van der Waals surface area contributed by atoms with Gasteiger partial charge in [-0.05, 0) is 65.3 Å². The van der Waals surface area contributed by atoms with Gasteiger partial charge < -0.3 is 9.84 Å². The molecule has 0 atom stereocenters. The summed E-state index contributed by atoms with van der Waals surface area (Å²) in [6, 6.07) is 13.4. The molecule has 0 radical (unpaired) electrons. The molecule has 106 valence electrons. The fraction of sp³-hybridized carbons (Fsp3) is 0.294. The lowest BCUT2D eigenvalue weighted by molar-refractivity contribution is 0.409. The second-order valence-electron chi connectivity index (χ2n) is 4.79. The Balaban J connectivity index is 2.08. The first kappa shape index (κ1) is 15.2. The van der Waals surface area contributed by atoms with Crippen molar-refractivity contribution in [2.75, 3.05) is 0 Å². The number of ether oxygens (including phenoxy) is 1. The van der Waals surface area contributed by atoms with Gasteiger partial charge in [-0.3, -0.25) is 0 Å². The van der Waals surface area contributed by atoms with Crippen LogP contribution in [0.5, 0.6) is 17.2 Å². The molecule has 1 N–H and O–H groups in total. The summed E-state index contributed by atoms with van der Waals surface area (Å²) < 4.78 is 6.79. The molecule has 2 aromatic rings. The van der Waals surface area contributed by atoms with Crippen LogP contribution in [0, 0.1) is 3.57 Å². The summed E-state index contributed by atoms with van der Waals surface area (Å²) in [7, 11) is 0. The molecule has 3 heteroatoms. The van der Waals surface area contributed by atoms with Gasteiger partial charge >= 0.3 is 0 Å². The van der Waals surface area contributed by atoms with E-state index in [0.717, 1.165) is 27.7 Å². The molecule has 0 spiro atoms. The second kappa shape index (κ2) is 7.53. The predicted octanol–water partition coefficient (Wildman–Crippen LogP) is 5.52. The van der Waals surface area contributed by atoms with E-state index >= 15 is 0 Å². The highest BCUT2D eigenvalue weighted by molar-refractivity contribution is 14.1. The maximum atomic E-state index is 10.1. The smallest absolute Gasteiger partial charge is 0.169 e. The minimum atomic E-state index is 0.207. The van der Waals surface area contributed by atoms with Crippen LogP contribution in [0.15, 0.2) is 42.5 Å². The zero-order chi connectivity index (χ0) is 14.4. The van der Waals surface area contributed by atoms with Crippen LogP contribution < -0.4 is 4.74 Å². The van der Waals surface area contributed by atoms with Gasteiger partial charge in [0.05, 0.1) is 3.57 Å². The van der Waals surface area contributed by atoms with Crippen molar-refractivity contribution >= 4 is 22.6 Å². The van der Waals surface area contributed by atoms with Gasteiger partial charge in [0.15, 0.2) is 11.5 Å². The number of halogens is 1. The number of phenols is 1. The highest BCUT2D eigenvalue weighted by Gasteiger charge is 2.07. The molecule has 0 aliphatic heterocycles. The number of phenolic OH excluding ortho intramolecular Hbond substituents is 1. The van der Waals surface area contributed by atoms with Crippen molar-refractivity contribution in [3.63, 3.8) is 0 Å². The van der Waals surface area contributed by atoms with Gasteiger partial charge in [0, 0.05) is 0 Å². The van der Waals surface area contributed by atoms with Crippen LogP contribution in [0.1, 0.15) is 31.7 Å². The van der Waals surface area contributed by atoms with Crippen molar-refractivity contribution in [3.05, 3.63) is 51.6 Å². The van der Waals surface area contributed by atoms with Gasteiger partial charge in [-0.2, -0.15) is 0 Å². The molecule has 2 aromatic carbocycles. The van der Waals surface area contributed by atoms with Gasteiger partial charge in [0.1, 0.15) is 5.75 Å². The Hall–Kier alpha value is -1.23. The third kappa shape index (κ3) is 4.13. The number of hydrogen-bond acceptors (Lipinski definition) is 2. The Morgan fingerprint density at radius 3 is 2.55 bits per heavy atom. The number of rotatable bonds is 6. The van der Waals surface area contributed by atoms with Crippen molar-refractivity contribution in [1.29, 1.82) is 0 Å². The summed E-state index contributed by atoms with van der Waals surface area (Å²) in [5.41, 5.74) is 1.16. The minimum absolute atomic E-state index is 0.207. The molecule has 0 heterocycles. The highest BCUT2D eigenvalue weighted by atomic mass is 127. The van der Waals surface area contributed by atoms with Gasteiger partial charge in [-0.1, -0.05) is 38.0 Å². The van der Waals surface area contributed by atoms with E-state index in [9.17, 15) is 5.11 Å².